The van der Waals surface area contributed by atoms with Gasteiger partial charge in [-0.2, -0.15) is 0 Å². The number of ether oxygens (including phenoxy) is 2. The number of benzene rings is 3. The van der Waals surface area contributed by atoms with Gasteiger partial charge in [-0.15, -0.1) is 0 Å². The fourth-order valence-electron chi connectivity index (χ4n) is 6.41. The number of rotatable bonds is 11. The molecule has 0 saturated carbocycles. The molecule has 0 spiro atoms. The first-order valence-electron chi connectivity index (χ1n) is 16.3. The number of quaternary nitrogens is 1. The van der Waals surface area contributed by atoms with Gasteiger partial charge in [0, 0.05) is 53.4 Å². The largest absolute Gasteiger partial charge is 0.459 e. The van der Waals surface area contributed by atoms with E-state index in [0.717, 1.165) is 49.3 Å². The third kappa shape index (κ3) is 7.89. The van der Waals surface area contributed by atoms with E-state index in [4.69, 9.17) is 9.47 Å². The number of hydrogen-bond donors (Lipinski definition) is 1. The maximum Gasteiger partial charge on any atom is 0.412 e. The summed E-state index contributed by atoms with van der Waals surface area (Å²) in [5.41, 5.74) is 9.18. The van der Waals surface area contributed by atoms with Crippen LogP contribution in [0.1, 0.15) is 39.2 Å². The average molecular weight is 632 g/mol. The molecule has 0 fully saturated rings. The second kappa shape index (κ2) is 14.2. The molecule has 1 aliphatic rings. The molecular weight excluding hydrogens is 588 g/mol. The monoisotopic (exact) mass is 631 g/mol. The highest BCUT2D eigenvalue weighted by Gasteiger charge is 2.34. The summed E-state index contributed by atoms with van der Waals surface area (Å²) in [5.74, 6) is -0.498. The zero-order valence-electron chi connectivity index (χ0n) is 27.4. The predicted molar refractivity (Wildman–Crippen MR) is 182 cm³/mol. The number of aromatic nitrogens is 2. The number of aryl methyl sites for hydroxylation is 4. The van der Waals surface area contributed by atoms with Crippen molar-refractivity contribution in [2.24, 2.45) is 0 Å². The van der Waals surface area contributed by atoms with Gasteiger partial charge in [0.05, 0.1) is 13.6 Å². The summed E-state index contributed by atoms with van der Waals surface area (Å²) in [5, 5.41) is 4.06. The number of nitrogens with one attached hydrogen (secondary N) is 1. The standard InChI is InChI=1S/C39H42N4O4/c1-28-14-17-36-33(22-28)34-25-43(3,21-19-37(34)42(36)20-18-31-16-15-29(2)40-24-31)27-47-39(45)41-35(23-30-10-6-4-7-11-30)38(44)46-26-32-12-8-5-9-13-32/h4-17,22,24,35H,18-21,23,25-27H2,1-3H3/p+1. The molecule has 8 heteroatoms. The van der Waals surface area contributed by atoms with E-state index >= 15 is 0 Å². The van der Waals surface area contributed by atoms with Crippen LogP contribution in [0.3, 0.4) is 0 Å². The second-order valence-corrected chi connectivity index (χ2v) is 12.9. The highest BCUT2D eigenvalue weighted by molar-refractivity contribution is 5.86. The molecule has 2 atom stereocenters. The van der Waals surface area contributed by atoms with Gasteiger partial charge in [-0.3, -0.25) is 9.47 Å². The molecule has 47 heavy (non-hydrogen) atoms. The lowest BCUT2D eigenvalue weighted by Crippen LogP contribution is -2.51. The summed E-state index contributed by atoms with van der Waals surface area (Å²) in [6.45, 7) is 6.91. The molecule has 6 rings (SSSR count). The Balaban J connectivity index is 1.13. The van der Waals surface area contributed by atoms with E-state index in [1.165, 1.54) is 33.3 Å². The van der Waals surface area contributed by atoms with Crippen molar-refractivity contribution in [3.63, 3.8) is 0 Å². The van der Waals surface area contributed by atoms with Crippen LogP contribution in [-0.2, 0) is 53.2 Å². The van der Waals surface area contributed by atoms with Crippen molar-refractivity contribution in [3.8, 4) is 0 Å². The van der Waals surface area contributed by atoms with Crippen LogP contribution in [0.25, 0.3) is 10.9 Å². The van der Waals surface area contributed by atoms with E-state index in [0.29, 0.717) is 10.9 Å². The molecule has 2 aromatic heterocycles. The normalized spacial score (nSPS) is 16.3. The van der Waals surface area contributed by atoms with Crippen molar-refractivity contribution in [1.29, 1.82) is 0 Å². The number of hydrogen-bond acceptors (Lipinski definition) is 5. The summed E-state index contributed by atoms with van der Waals surface area (Å²) in [6.07, 6.45) is 3.43. The average Bonchev–Trinajstić information content (AvgIpc) is 3.38. The Morgan fingerprint density at radius 2 is 1.66 bits per heavy atom. The van der Waals surface area contributed by atoms with Crippen molar-refractivity contribution >= 4 is 23.0 Å². The Kier molecular flexibility index (Phi) is 9.68. The topological polar surface area (TPSA) is 82.5 Å². The maximum absolute atomic E-state index is 13.2. The molecule has 0 aliphatic carbocycles. The van der Waals surface area contributed by atoms with Crippen molar-refractivity contribution in [1.82, 2.24) is 14.9 Å². The maximum atomic E-state index is 13.2. The molecule has 3 aromatic carbocycles. The van der Waals surface area contributed by atoms with Crippen LogP contribution in [0.5, 0.6) is 0 Å². The van der Waals surface area contributed by atoms with Crippen LogP contribution in [0, 0.1) is 13.8 Å². The van der Waals surface area contributed by atoms with Crippen LogP contribution in [0.4, 0.5) is 4.79 Å². The summed E-state index contributed by atoms with van der Waals surface area (Å²) < 4.78 is 14.5. The van der Waals surface area contributed by atoms with E-state index in [1.54, 1.807) is 0 Å². The smallest absolute Gasteiger partial charge is 0.412 e. The molecule has 5 aromatic rings. The summed E-state index contributed by atoms with van der Waals surface area (Å²) in [6, 6.07) is 29.1. The summed E-state index contributed by atoms with van der Waals surface area (Å²) >= 11 is 0. The van der Waals surface area contributed by atoms with Crippen LogP contribution in [0.15, 0.2) is 97.2 Å². The number of fused-ring (bicyclic) bond motifs is 3. The Hall–Kier alpha value is -4.95. The zero-order chi connectivity index (χ0) is 32.8. The number of alkyl carbamates (subject to hydrolysis) is 1. The lowest BCUT2D eigenvalue weighted by Gasteiger charge is -2.37. The number of nitrogens with zero attached hydrogens (tertiary/aromatic N) is 3. The molecule has 0 bridgehead atoms. The molecule has 8 nitrogen and oxygen atoms in total. The number of carbonyl (C=O) groups excluding carboxylic acids is 2. The van der Waals surface area contributed by atoms with E-state index < -0.39 is 18.1 Å². The number of esters is 1. The Morgan fingerprint density at radius 1 is 0.915 bits per heavy atom. The lowest BCUT2D eigenvalue weighted by molar-refractivity contribution is -0.940. The van der Waals surface area contributed by atoms with Crippen molar-refractivity contribution in [3.05, 3.63) is 136 Å². The molecule has 2 unspecified atom stereocenters. The molecule has 3 heterocycles. The van der Waals surface area contributed by atoms with E-state index in [2.05, 4.69) is 59.2 Å². The Morgan fingerprint density at radius 3 is 2.38 bits per heavy atom. The van der Waals surface area contributed by atoms with Crippen LogP contribution in [0.2, 0.25) is 0 Å². The van der Waals surface area contributed by atoms with Gasteiger partial charge in [0.25, 0.3) is 0 Å². The number of pyridine rings is 1. The fraction of sp³-hybridized carbons (Fsp3) is 0.308. The van der Waals surface area contributed by atoms with Crippen LogP contribution in [-0.4, -0.2) is 52.5 Å². The first kappa shape index (κ1) is 32.0. The van der Waals surface area contributed by atoms with E-state index in [1.807, 2.05) is 73.8 Å². The van der Waals surface area contributed by atoms with Crippen molar-refractivity contribution < 1.29 is 23.5 Å². The molecular formula is C39H43N4O4+. The third-order valence-corrected chi connectivity index (χ3v) is 9.06. The first-order chi connectivity index (χ1) is 22.8. The van der Waals surface area contributed by atoms with Gasteiger partial charge in [-0.25, -0.2) is 9.59 Å². The molecule has 1 amide bonds. The van der Waals surface area contributed by atoms with Gasteiger partial charge in [0.1, 0.15) is 19.2 Å². The van der Waals surface area contributed by atoms with Crippen molar-refractivity contribution in [2.45, 2.75) is 58.8 Å². The van der Waals surface area contributed by atoms with Gasteiger partial charge < -0.3 is 19.4 Å². The van der Waals surface area contributed by atoms with Gasteiger partial charge in [0.15, 0.2) is 0 Å². The quantitative estimate of drug-likeness (QED) is 0.134. The number of carbonyl (C=O) groups is 2. The summed E-state index contributed by atoms with van der Waals surface area (Å²) in [4.78, 5) is 30.8. The molecule has 0 radical (unpaired) electrons. The highest BCUT2D eigenvalue weighted by Crippen LogP contribution is 2.34. The molecule has 242 valence electrons. The molecule has 0 saturated heterocycles. The zero-order valence-corrected chi connectivity index (χ0v) is 27.4. The van der Waals surface area contributed by atoms with Crippen LogP contribution >= 0.6 is 0 Å². The first-order valence-corrected chi connectivity index (χ1v) is 16.3. The fourth-order valence-corrected chi connectivity index (χ4v) is 6.41. The SMILES string of the molecule is Cc1ccc2c(c1)c1c(n2CCc2ccc(C)nc2)CC[N+](C)(COC(=O)NC(Cc2ccccc2)C(=O)OCc2ccccc2)C1. The molecule has 1 aliphatic heterocycles. The van der Waals surface area contributed by atoms with Gasteiger partial charge in [-0.1, -0.05) is 78.4 Å². The molecule has 1 N–H and O–H groups in total. The summed E-state index contributed by atoms with van der Waals surface area (Å²) in [7, 11) is 2.13. The van der Waals surface area contributed by atoms with E-state index in [9.17, 15) is 9.59 Å². The minimum Gasteiger partial charge on any atom is -0.459 e. The predicted octanol–water partition coefficient (Wildman–Crippen LogP) is 6.44. The Bertz CT molecular complexity index is 1840. The number of amides is 1. The van der Waals surface area contributed by atoms with Crippen molar-refractivity contribution in [2.75, 3.05) is 20.3 Å². The van der Waals surface area contributed by atoms with Gasteiger partial charge >= 0.3 is 12.1 Å². The minimum absolute atomic E-state index is 0.133. The lowest BCUT2D eigenvalue weighted by atomic mass is 10.0. The van der Waals surface area contributed by atoms with Gasteiger partial charge in [-0.05, 0) is 55.2 Å². The second-order valence-electron chi connectivity index (χ2n) is 12.9. The van der Waals surface area contributed by atoms with Crippen LogP contribution < -0.4 is 5.32 Å². The highest BCUT2D eigenvalue weighted by atomic mass is 16.6. The minimum atomic E-state index is -0.878. The van der Waals surface area contributed by atoms with Gasteiger partial charge in [0.2, 0.25) is 6.73 Å². The third-order valence-electron chi connectivity index (χ3n) is 9.06. The van der Waals surface area contributed by atoms with E-state index in [-0.39, 0.29) is 13.3 Å². The Labute approximate surface area is 276 Å². The number of likely N-dealkylation sites (N-methyl/N-ethyl adjacent to an activating group) is 1.